The molecule has 5 rings (SSSR count). The second kappa shape index (κ2) is 9.09. The summed E-state index contributed by atoms with van der Waals surface area (Å²) in [6.07, 6.45) is 0. The van der Waals surface area contributed by atoms with Crippen LogP contribution in [0, 0.1) is 11.3 Å². The first-order chi connectivity index (χ1) is 16.5. The molecule has 34 heavy (non-hydrogen) atoms. The third-order valence-electron chi connectivity index (χ3n) is 5.27. The van der Waals surface area contributed by atoms with Gasteiger partial charge in [-0.15, -0.1) is 10.2 Å². The van der Waals surface area contributed by atoms with Crippen LogP contribution in [0.25, 0.3) is 10.9 Å². The summed E-state index contributed by atoms with van der Waals surface area (Å²) >= 11 is 2.66. The van der Waals surface area contributed by atoms with E-state index in [0.29, 0.717) is 26.5 Å². The lowest BCUT2D eigenvalue weighted by Gasteiger charge is -2.26. The van der Waals surface area contributed by atoms with Crippen molar-refractivity contribution >= 4 is 56.9 Å². The van der Waals surface area contributed by atoms with Crippen molar-refractivity contribution < 1.29 is 14.4 Å². The van der Waals surface area contributed by atoms with Gasteiger partial charge >= 0.3 is 0 Å². The van der Waals surface area contributed by atoms with E-state index in [4.69, 9.17) is 5.26 Å². The number of fused-ring (bicyclic) bond motifs is 3. The van der Waals surface area contributed by atoms with Crippen LogP contribution in [0.2, 0.25) is 0 Å². The number of carbonyl (C=O) groups excluding carboxylic acids is 3. The van der Waals surface area contributed by atoms with Crippen LogP contribution in [0.4, 0.5) is 5.13 Å². The number of benzene rings is 2. The van der Waals surface area contributed by atoms with Crippen LogP contribution in [0.5, 0.6) is 0 Å². The molecule has 0 saturated carbocycles. The van der Waals surface area contributed by atoms with E-state index >= 15 is 0 Å². The van der Waals surface area contributed by atoms with Crippen LogP contribution < -0.4 is 5.32 Å². The van der Waals surface area contributed by atoms with Gasteiger partial charge in [-0.3, -0.25) is 24.6 Å². The summed E-state index contributed by atoms with van der Waals surface area (Å²) in [6.45, 7) is -0.400. The minimum atomic E-state index is -0.522. The van der Waals surface area contributed by atoms with Gasteiger partial charge in [0.25, 0.3) is 5.91 Å². The van der Waals surface area contributed by atoms with Crippen LogP contribution >= 0.6 is 23.1 Å². The number of hydrogen-bond acceptors (Lipinski definition) is 8. The molecular weight excluding hydrogens is 472 g/mol. The highest BCUT2D eigenvalue weighted by molar-refractivity contribution is 8.00. The fourth-order valence-electron chi connectivity index (χ4n) is 3.63. The Bertz CT molecular complexity index is 1470. The second-order valence-corrected chi connectivity index (χ2v) is 9.68. The number of nitrogens with zero attached hydrogens (tertiary/aromatic N) is 5. The lowest BCUT2D eigenvalue weighted by atomic mass is 10.2. The van der Waals surface area contributed by atoms with Crippen LogP contribution in [0.3, 0.4) is 0 Å². The number of imide groups is 1. The summed E-state index contributed by atoms with van der Waals surface area (Å²) in [4.78, 5) is 39.0. The fourth-order valence-corrected chi connectivity index (χ4v) is 5.36. The predicted octanol–water partition coefficient (Wildman–Crippen LogP) is 3.28. The maximum Gasteiger partial charge on any atom is 0.277 e. The number of anilines is 1. The molecule has 0 bridgehead atoms. The van der Waals surface area contributed by atoms with E-state index in [1.807, 2.05) is 36.4 Å². The van der Waals surface area contributed by atoms with Crippen LogP contribution in [-0.2, 0) is 21.9 Å². The van der Waals surface area contributed by atoms with Gasteiger partial charge in [-0.05, 0) is 29.8 Å². The Hall–Kier alpha value is -4.01. The molecule has 2 aromatic heterocycles. The number of nitrogens with one attached hydrogen (secondary N) is 1. The van der Waals surface area contributed by atoms with Crippen molar-refractivity contribution in [2.45, 2.75) is 16.6 Å². The smallest absolute Gasteiger partial charge is 0.277 e. The highest BCUT2D eigenvalue weighted by Gasteiger charge is 2.33. The third kappa shape index (κ3) is 4.28. The molecule has 1 aliphatic rings. The van der Waals surface area contributed by atoms with Gasteiger partial charge in [-0.25, -0.2) is 0 Å². The third-order valence-corrected chi connectivity index (χ3v) is 7.31. The molecule has 0 aliphatic carbocycles. The van der Waals surface area contributed by atoms with Gasteiger partial charge in [0.1, 0.15) is 18.8 Å². The predicted molar refractivity (Wildman–Crippen MR) is 127 cm³/mol. The lowest BCUT2D eigenvalue weighted by molar-refractivity contribution is -0.133. The number of rotatable bonds is 6. The Morgan fingerprint density at radius 3 is 2.74 bits per heavy atom. The highest BCUT2D eigenvalue weighted by atomic mass is 32.2. The van der Waals surface area contributed by atoms with Gasteiger partial charge in [0.2, 0.25) is 16.9 Å². The summed E-state index contributed by atoms with van der Waals surface area (Å²) in [5.74, 6) is -0.825. The van der Waals surface area contributed by atoms with Crippen LogP contribution in [0.1, 0.15) is 21.6 Å². The van der Waals surface area contributed by atoms with E-state index in [1.165, 1.54) is 23.1 Å². The van der Waals surface area contributed by atoms with Gasteiger partial charge in [-0.2, -0.15) is 5.26 Å². The van der Waals surface area contributed by atoms with Crippen LogP contribution in [-0.4, -0.2) is 43.9 Å². The standard InChI is InChI=1S/C23H16N6O3S2/c24-10-14-5-7-15(8-6-14)13-33-23-27-26-22(34-23)25-19(30)11-29-20(31)12-28-17-4-2-1-3-16(17)9-18(28)21(29)32/h1-9H,11-13H2,(H,25,26,30). The second-order valence-electron chi connectivity index (χ2n) is 7.48. The largest absolute Gasteiger partial charge is 0.327 e. The Labute approximate surface area is 202 Å². The number of thioether (sulfide) groups is 1. The molecule has 0 fully saturated rings. The molecule has 1 aliphatic heterocycles. The molecule has 3 heterocycles. The zero-order valence-corrected chi connectivity index (χ0v) is 19.2. The monoisotopic (exact) mass is 488 g/mol. The number of hydrogen-bond donors (Lipinski definition) is 1. The molecule has 0 atom stereocenters. The highest BCUT2D eigenvalue weighted by Crippen LogP contribution is 2.29. The summed E-state index contributed by atoms with van der Waals surface area (Å²) in [5.41, 5.74) is 2.82. The molecule has 0 radical (unpaired) electrons. The minimum Gasteiger partial charge on any atom is -0.327 e. The molecule has 168 valence electrons. The minimum absolute atomic E-state index is 0.00317. The quantitative estimate of drug-likeness (QED) is 0.251. The first-order valence-corrected chi connectivity index (χ1v) is 12.0. The number of aromatic nitrogens is 3. The number of carbonyl (C=O) groups is 3. The fraction of sp³-hybridized carbons (Fsp3) is 0.130. The number of para-hydroxylation sites is 1. The first kappa shape index (κ1) is 21.8. The zero-order chi connectivity index (χ0) is 23.7. The van der Waals surface area contributed by atoms with Crippen molar-refractivity contribution in [2.24, 2.45) is 0 Å². The summed E-state index contributed by atoms with van der Waals surface area (Å²) in [6, 6.07) is 18.5. The molecule has 9 nitrogen and oxygen atoms in total. The van der Waals surface area contributed by atoms with Gasteiger partial charge in [0.15, 0.2) is 4.34 Å². The van der Waals surface area contributed by atoms with Crippen molar-refractivity contribution in [1.29, 1.82) is 5.26 Å². The molecule has 0 unspecified atom stereocenters. The summed E-state index contributed by atoms with van der Waals surface area (Å²) < 4.78 is 2.34. The average Bonchev–Trinajstić information content (AvgIpc) is 3.45. The summed E-state index contributed by atoms with van der Waals surface area (Å²) in [7, 11) is 0. The van der Waals surface area contributed by atoms with Gasteiger partial charge in [-0.1, -0.05) is 53.4 Å². The van der Waals surface area contributed by atoms with E-state index in [1.54, 1.807) is 22.8 Å². The average molecular weight is 489 g/mol. The molecular formula is C23H16N6O3S2. The molecule has 0 spiro atoms. The number of amides is 3. The van der Waals surface area contributed by atoms with E-state index in [9.17, 15) is 14.4 Å². The van der Waals surface area contributed by atoms with Crippen molar-refractivity contribution in [3.05, 3.63) is 71.4 Å². The summed E-state index contributed by atoms with van der Waals surface area (Å²) in [5, 5.41) is 20.7. The lowest BCUT2D eigenvalue weighted by Crippen LogP contribution is -2.47. The Balaban J connectivity index is 1.20. The van der Waals surface area contributed by atoms with Crippen molar-refractivity contribution in [1.82, 2.24) is 19.7 Å². The van der Waals surface area contributed by atoms with E-state index < -0.39 is 24.3 Å². The normalized spacial score (nSPS) is 13.1. The van der Waals surface area contributed by atoms with E-state index in [0.717, 1.165) is 21.4 Å². The molecule has 2 aromatic carbocycles. The maximum absolute atomic E-state index is 12.9. The molecule has 4 aromatic rings. The zero-order valence-electron chi connectivity index (χ0n) is 17.6. The molecule has 1 N–H and O–H groups in total. The van der Waals surface area contributed by atoms with Gasteiger partial charge in [0.05, 0.1) is 11.6 Å². The van der Waals surface area contributed by atoms with Crippen LogP contribution in [0.15, 0.2) is 58.9 Å². The Morgan fingerprint density at radius 2 is 1.94 bits per heavy atom. The van der Waals surface area contributed by atoms with Gasteiger partial charge in [0, 0.05) is 16.7 Å². The molecule has 3 amide bonds. The van der Waals surface area contributed by atoms with Crippen molar-refractivity contribution in [3.8, 4) is 6.07 Å². The van der Waals surface area contributed by atoms with Crippen molar-refractivity contribution in [2.75, 3.05) is 11.9 Å². The molecule has 0 saturated heterocycles. The Morgan fingerprint density at radius 1 is 1.15 bits per heavy atom. The van der Waals surface area contributed by atoms with Crippen molar-refractivity contribution in [3.63, 3.8) is 0 Å². The maximum atomic E-state index is 12.9. The van der Waals surface area contributed by atoms with E-state index in [-0.39, 0.29) is 6.54 Å². The topological polar surface area (TPSA) is 121 Å². The SMILES string of the molecule is N#Cc1ccc(CSc2nnc(NC(=O)CN3C(=O)Cn4c(cc5ccccc54)C3=O)s2)cc1. The number of nitriles is 1. The molecule has 11 heteroatoms. The Kier molecular flexibility index (Phi) is 5.83. The first-order valence-electron chi connectivity index (χ1n) is 10.2. The van der Waals surface area contributed by atoms with Gasteiger partial charge < -0.3 is 4.57 Å². The van der Waals surface area contributed by atoms with E-state index in [2.05, 4.69) is 21.6 Å².